The van der Waals surface area contributed by atoms with Crippen LogP contribution in [0.15, 0.2) is 42.6 Å². The van der Waals surface area contributed by atoms with Gasteiger partial charge in [-0.15, -0.1) is 8.78 Å². The van der Waals surface area contributed by atoms with Crippen molar-refractivity contribution in [3.8, 4) is 11.5 Å². The Labute approximate surface area is 194 Å². The van der Waals surface area contributed by atoms with Crippen molar-refractivity contribution in [3.05, 3.63) is 65.2 Å². The molecule has 2 aromatic heterocycles. The van der Waals surface area contributed by atoms with Gasteiger partial charge < -0.3 is 19.4 Å². The van der Waals surface area contributed by atoms with E-state index in [4.69, 9.17) is 0 Å². The first-order chi connectivity index (χ1) is 15.8. The van der Waals surface area contributed by atoms with Gasteiger partial charge in [-0.1, -0.05) is 24.1 Å². The summed E-state index contributed by atoms with van der Waals surface area (Å²) in [6.07, 6.45) is 0.322. The third-order valence-corrected chi connectivity index (χ3v) is 6.35. The zero-order chi connectivity index (χ0) is 23.6. The normalized spacial score (nSPS) is 16.0. The second-order valence-corrected chi connectivity index (χ2v) is 8.49. The average molecular weight is 478 g/mol. The molecule has 0 atom stereocenters. The largest absolute Gasteiger partial charge is 0.586 e. The molecule has 176 valence electrons. The van der Waals surface area contributed by atoms with Gasteiger partial charge in [0.05, 0.1) is 18.8 Å². The molecule has 11 heteroatoms. The molecule has 2 aliphatic rings. The minimum atomic E-state index is -3.67. The number of aryl methyl sites for hydroxylation is 1. The Morgan fingerprint density at radius 3 is 2.76 bits per heavy atom. The summed E-state index contributed by atoms with van der Waals surface area (Å²) in [5, 5.41) is 6.89. The molecular formula is C22H25F2N5O3S. The van der Waals surface area contributed by atoms with Crippen molar-refractivity contribution in [2.75, 3.05) is 12.8 Å². The number of carbonyl (C=O) groups is 1. The molecule has 5 rings (SSSR count). The molecule has 0 unspecified atom stereocenters. The lowest BCUT2D eigenvalue weighted by Gasteiger charge is -2.24. The van der Waals surface area contributed by atoms with Gasteiger partial charge in [0, 0.05) is 37.6 Å². The van der Waals surface area contributed by atoms with Gasteiger partial charge in [0.25, 0.3) is 5.91 Å². The maximum atomic E-state index is 13.1. The van der Waals surface area contributed by atoms with Gasteiger partial charge in [-0.3, -0.25) is 9.48 Å². The molecule has 33 heavy (non-hydrogen) atoms. The van der Waals surface area contributed by atoms with E-state index < -0.39 is 6.29 Å². The summed E-state index contributed by atoms with van der Waals surface area (Å²) >= 11 is 1.80. The van der Waals surface area contributed by atoms with E-state index in [1.165, 1.54) is 11.8 Å². The fourth-order valence-corrected chi connectivity index (χ4v) is 4.11. The van der Waals surface area contributed by atoms with Crippen LogP contribution in [0.5, 0.6) is 11.5 Å². The van der Waals surface area contributed by atoms with Crippen LogP contribution in [0.4, 0.5) is 8.78 Å². The summed E-state index contributed by atoms with van der Waals surface area (Å²) in [5.41, 5.74) is 3.19. The van der Waals surface area contributed by atoms with Crippen LogP contribution in [0.2, 0.25) is 0 Å². The first kappa shape index (κ1) is 23.1. The number of amides is 1. The Hall–Kier alpha value is -3.05. The molecule has 0 aliphatic carbocycles. The van der Waals surface area contributed by atoms with E-state index in [-0.39, 0.29) is 24.0 Å². The molecule has 3 aromatic rings. The summed E-state index contributed by atoms with van der Waals surface area (Å²) in [5.74, 6) is -0.374. The number of hydrogen-bond donors (Lipinski definition) is 1. The van der Waals surface area contributed by atoms with Gasteiger partial charge in [0.15, 0.2) is 11.5 Å². The number of halogens is 2. The zero-order valence-corrected chi connectivity index (χ0v) is 19.4. The third kappa shape index (κ3) is 5.14. The molecule has 8 nitrogen and oxygen atoms in total. The summed E-state index contributed by atoms with van der Waals surface area (Å²) in [4.78, 5) is 12.1. The second-order valence-electron chi connectivity index (χ2n) is 7.61. The van der Waals surface area contributed by atoms with Crippen LogP contribution >= 0.6 is 11.9 Å². The molecule has 0 spiro atoms. The topological polar surface area (TPSA) is 73.6 Å². The SMILES string of the molecule is CSN1CCn2nccc2C1.Cc1ccc(C(=O)NCc2cccc3c2OC(F)(F)O3)n1C. The van der Waals surface area contributed by atoms with Crippen LogP contribution in [0, 0.1) is 6.92 Å². The maximum Gasteiger partial charge on any atom is 0.586 e. The lowest BCUT2D eigenvalue weighted by molar-refractivity contribution is -0.286. The van der Waals surface area contributed by atoms with E-state index in [2.05, 4.69) is 41.2 Å². The summed E-state index contributed by atoms with van der Waals surface area (Å²) in [6.45, 7) is 5.11. The number of nitrogens with zero attached hydrogens (tertiary/aromatic N) is 4. The predicted octanol–water partition coefficient (Wildman–Crippen LogP) is 3.56. The highest BCUT2D eigenvalue weighted by atomic mass is 32.2. The number of ether oxygens (including phenoxy) is 2. The highest BCUT2D eigenvalue weighted by Gasteiger charge is 2.44. The Kier molecular flexibility index (Phi) is 6.61. The van der Waals surface area contributed by atoms with Gasteiger partial charge in [-0.2, -0.15) is 5.10 Å². The minimum Gasteiger partial charge on any atom is -0.395 e. The minimum absolute atomic E-state index is 0.0357. The first-order valence-electron chi connectivity index (χ1n) is 10.4. The molecule has 0 fully saturated rings. The summed E-state index contributed by atoms with van der Waals surface area (Å²) in [6, 6.07) is 10.2. The second kappa shape index (κ2) is 9.44. The third-order valence-electron chi connectivity index (χ3n) is 5.52. The number of para-hydroxylation sites is 1. The van der Waals surface area contributed by atoms with Crippen LogP contribution in [0.25, 0.3) is 0 Å². The Bertz CT molecular complexity index is 1150. The van der Waals surface area contributed by atoms with Crippen LogP contribution in [0.1, 0.15) is 27.4 Å². The van der Waals surface area contributed by atoms with E-state index in [0.717, 1.165) is 25.3 Å². The smallest absolute Gasteiger partial charge is 0.395 e. The zero-order valence-electron chi connectivity index (χ0n) is 18.5. The van der Waals surface area contributed by atoms with E-state index in [0.29, 0.717) is 11.3 Å². The molecule has 0 bridgehead atoms. The van der Waals surface area contributed by atoms with Gasteiger partial charge >= 0.3 is 6.29 Å². The predicted molar refractivity (Wildman–Crippen MR) is 120 cm³/mol. The number of rotatable bonds is 4. The highest BCUT2D eigenvalue weighted by Crippen LogP contribution is 2.43. The molecular weight excluding hydrogens is 452 g/mol. The van der Waals surface area contributed by atoms with Gasteiger partial charge in [0.1, 0.15) is 5.69 Å². The fraction of sp³-hybridized carbons (Fsp3) is 0.364. The van der Waals surface area contributed by atoms with E-state index >= 15 is 0 Å². The van der Waals surface area contributed by atoms with E-state index in [1.54, 1.807) is 41.8 Å². The molecule has 0 saturated heterocycles. The molecule has 1 amide bonds. The van der Waals surface area contributed by atoms with Crippen molar-refractivity contribution in [2.24, 2.45) is 7.05 Å². The lowest BCUT2D eigenvalue weighted by atomic mass is 10.2. The van der Waals surface area contributed by atoms with Crippen molar-refractivity contribution in [1.82, 2.24) is 24.0 Å². The summed E-state index contributed by atoms with van der Waals surface area (Å²) < 4.78 is 41.2. The van der Waals surface area contributed by atoms with Crippen molar-refractivity contribution in [3.63, 3.8) is 0 Å². The molecule has 0 radical (unpaired) electrons. The first-order valence-corrected chi connectivity index (χ1v) is 11.5. The number of aromatic nitrogens is 3. The molecule has 0 saturated carbocycles. The maximum absolute atomic E-state index is 13.1. The van der Waals surface area contributed by atoms with Crippen molar-refractivity contribution in [1.29, 1.82) is 0 Å². The number of alkyl halides is 2. The van der Waals surface area contributed by atoms with Crippen molar-refractivity contribution in [2.45, 2.75) is 32.9 Å². The number of carbonyl (C=O) groups excluding carboxylic acids is 1. The molecule has 2 aliphatic heterocycles. The van der Waals surface area contributed by atoms with E-state index in [9.17, 15) is 13.6 Å². The van der Waals surface area contributed by atoms with Crippen LogP contribution in [-0.2, 0) is 26.7 Å². The average Bonchev–Trinajstić information content (AvgIpc) is 3.48. The van der Waals surface area contributed by atoms with Gasteiger partial charge in [-0.05, 0) is 37.4 Å². The van der Waals surface area contributed by atoms with Crippen LogP contribution < -0.4 is 14.8 Å². The quantitative estimate of drug-likeness (QED) is 0.580. The number of hydrogen-bond acceptors (Lipinski definition) is 6. The van der Waals surface area contributed by atoms with E-state index in [1.807, 2.05) is 19.2 Å². The van der Waals surface area contributed by atoms with Gasteiger partial charge in [0.2, 0.25) is 0 Å². The molecule has 1 N–H and O–H groups in total. The summed E-state index contributed by atoms with van der Waals surface area (Å²) in [7, 11) is 1.78. The number of fused-ring (bicyclic) bond motifs is 2. The van der Waals surface area contributed by atoms with Crippen LogP contribution in [-0.4, -0.2) is 43.7 Å². The Balaban J connectivity index is 0.000000196. The monoisotopic (exact) mass is 477 g/mol. The van der Waals surface area contributed by atoms with Crippen LogP contribution in [0.3, 0.4) is 0 Å². The lowest BCUT2D eigenvalue weighted by Crippen LogP contribution is -2.28. The number of nitrogens with one attached hydrogen (secondary N) is 1. The Morgan fingerprint density at radius 1 is 1.21 bits per heavy atom. The van der Waals surface area contributed by atoms with Crippen molar-refractivity contribution >= 4 is 17.9 Å². The Morgan fingerprint density at radius 2 is 2.03 bits per heavy atom. The molecule has 4 heterocycles. The fourth-order valence-electron chi connectivity index (χ4n) is 3.59. The van der Waals surface area contributed by atoms with Crippen molar-refractivity contribution < 1.29 is 23.0 Å². The number of benzene rings is 1. The molecule has 1 aromatic carbocycles. The van der Waals surface area contributed by atoms with Gasteiger partial charge in [-0.25, -0.2) is 4.31 Å². The highest BCUT2D eigenvalue weighted by molar-refractivity contribution is 7.96. The standard InChI is InChI=1S/C15H14F2N2O3.C7H11N3S/c1-9-6-7-11(19(9)2)14(20)18-8-10-4-3-5-12-13(10)22-15(16,17)21-12;1-11-9-4-5-10-7(6-9)2-3-8-10/h3-7H,8H2,1-2H3,(H,18,20);2-3H,4-6H2,1H3.